The quantitative estimate of drug-likeness (QED) is 0.349. The van der Waals surface area contributed by atoms with Gasteiger partial charge in [-0.15, -0.1) is 0 Å². The standard InChI is InChI=1S/C22H28FN3O2/c1-15-4-2-3-5-19(15)25-22(26-20-14-17(23)8-11-21(20)28)24-13-12-16-6-9-18(27)10-7-16/h6-11,14-15,19,27-28H,2-5,12-13H2,1H3,(H2,24,25,26). The number of aromatic hydroxyl groups is 2. The molecule has 0 saturated heterocycles. The first-order chi connectivity index (χ1) is 13.5. The number of halogens is 1. The summed E-state index contributed by atoms with van der Waals surface area (Å²) in [4.78, 5) is 4.63. The molecule has 0 radical (unpaired) electrons. The van der Waals surface area contributed by atoms with E-state index in [1.165, 1.54) is 37.5 Å². The Kier molecular flexibility index (Phi) is 6.74. The van der Waals surface area contributed by atoms with Crippen LogP contribution in [0.5, 0.6) is 11.5 Å². The molecule has 0 heterocycles. The smallest absolute Gasteiger partial charge is 0.196 e. The first-order valence-corrected chi connectivity index (χ1v) is 9.85. The van der Waals surface area contributed by atoms with Gasteiger partial charge in [-0.3, -0.25) is 4.99 Å². The lowest BCUT2D eigenvalue weighted by atomic mass is 9.86. The summed E-state index contributed by atoms with van der Waals surface area (Å²) in [6.45, 7) is 2.75. The molecular formula is C22H28FN3O2. The molecule has 2 atom stereocenters. The summed E-state index contributed by atoms with van der Waals surface area (Å²) in [6.07, 6.45) is 5.36. The molecule has 28 heavy (non-hydrogen) atoms. The molecule has 6 heteroatoms. The summed E-state index contributed by atoms with van der Waals surface area (Å²) in [7, 11) is 0. The van der Waals surface area contributed by atoms with Crippen LogP contribution in [0.2, 0.25) is 0 Å². The number of aliphatic imine (C=N–C) groups is 1. The zero-order valence-corrected chi connectivity index (χ0v) is 16.2. The van der Waals surface area contributed by atoms with Gasteiger partial charge in [-0.25, -0.2) is 4.39 Å². The van der Waals surface area contributed by atoms with Gasteiger partial charge >= 0.3 is 0 Å². The third-order valence-electron chi connectivity index (χ3n) is 5.25. The Morgan fingerprint density at radius 1 is 1.11 bits per heavy atom. The maximum Gasteiger partial charge on any atom is 0.196 e. The lowest BCUT2D eigenvalue weighted by Gasteiger charge is -2.31. The lowest BCUT2D eigenvalue weighted by molar-refractivity contribution is 0.308. The normalized spacial score (nSPS) is 20.0. The molecule has 5 nitrogen and oxygen atoms in total. The first-order valence-electron chi connectivity index (χ1n) is 9.85. The molecule has 0 aliphatic heterocycles. The number of hydrogen-bond acceptors (Lipinski definition) is 3. The van der Waals surface area contributed by atoms with E-state index < -0.39 is 5.82 Å². The number of phenolic OH excluding ortho intramolecular Hbond substituents is 2. The van der Waals surface area contributed by atoms with Crippen molar-refractivity contribution >= 4 is 11.6 Å². The van der Waals surface area contributed by atoms with Crippen LogP contribution in [0.15, 0.2) is 47.5 Å². The number of nitrogens with one attached hydrogen (secondary N) is 2. The second kappa shape index (κ2) is 9.44. The predicted octanol–water partition coefficient (Wildman–Crippen LogP) is 4.42. The summed E-state index contributed by atoms with van der Waals surface area (Å²) in [5, 5.41) is 25.9. The highest BCUT2D eigenvalue weighted by atomic mass is 19.1. The minimum atomic E-state index is -0.422. The second-order valence-electron chi connectivity index (χ2n) is 7.45. The number of phenols is 2. The third kappa shape index (κ3) is 5.62. The highest BCUT2D eigenvalue weighted by Crippen LogP contribution is 2.26. The molecule has 4 N–H and O–H groups in total. The van der Waals surface area contributed by atoms with Gasteiger partial charge in [0, 0.05) is 18.7 Å². The fourth-order valence-electron chi connectivity index (χ4n) is 3.52. The van der Waals surface area contributed by atoms with Crippen LogP contribution in [0.1, 0.15) is 38.2 Å². The van der Waals surface area contributed by atoms with Crippen LogP contribution in [0, 0.1) is 11.7 Å². The van der Waals surface area contributed by atoms with Crippen LogP contribution < -0.4 is 10.6 Å². The topological polar surface area (TPSA) is 76.9 Å². The zero-order valence-electron chi connectivity index (χ0n) is 16.2. The summed E-state index contributed by atoms with van der Waals surface area (Å²) in [5.74, 6) is 0.863. The Morgan fingerprint density at radius 2 is 1.86 bits per heavy atom. The van der Waals surface area contributed by atoms with Gasteiger partial charge in [0.15, 0.2) is 5.96 Å². The number of hydrogen-bond donors (Lipinski definition) is 4. The van der Waals surface area contributed by atoms with Crippen LogP contribution in [-0.4, -0.2) is 28.8 Å². The number of anilines is 1. The van der Waals surface area contributed by atoms with Crippen molar-refractivity contribution in [2.24, 2.45) is 10.9 Å². The van der Waals surface area contributed by atoms with Crippen molar-refractivity contribution < 1.29 is 14.6 Å². The molecule has 1 aliphatic carbocycles. The van der Waals surface area contributed by atoms with Crippen molar-refractivity contribution in [1.29, 1.82) is 0 Å². The van der Waals surface area contributed by atoms with E-state index in [-0.39, 0.29) is 11.5 Å². The van der Waals surface area contributed by atoms with Gasteiger partial charge in [-0.2, -0.15) is 0 Å². The number of guanidine groups is 1. The second-order valence-corrected chi connectivity index (χ2v) is 7.45. The summed E-state index contributed by atoms with van der Waals surface area (Å²) >= 11 is 0. The molecular weight excluding hydrogens is 357 g/mol. The average molecular weight is 385 g/mol. The minimum Gasteiger partial charge on any atom is -0.508 e. The first kappa shape index (κ1) is 20.0. The molecule has 0 amide bonds. The van der Waals surface area contributed by atoms with Crippen LogP contribution >= 0.6 is 0 Å². The molecule has 1 fully saturated rings. The predicted molar refractivity (Wildman–Crippen MR) is 110 cm³/mol. The summed E-state index contributed by atoms with van der Waals surface area (Å²) in [6, 6.07) is 11.2. The van der Waals surface area contributed by atoms with E-state index in [0.29, 0.717) is 36.6 Å². The fourth-order valence-corrected chi connectivity index (χ4v) is 3.52. The Bertz CT molecular complexity index is 808. The number of nitrogens with zero attached hydrogens (tertiary/aromatic N) is 1. The van der Waals surface area contributed by atoms with E-state index in [9.17, 15) is 14.6 Å². The van der Waals surface area contributed by atoms with E-state index in [1.807, 2.05) is 12.1 Å². The Balaban J connectivity index is 1.72. The van der Waals surface area contributed by atoms with Crippen molar-refractivity contribution in [3.63, 3.8) is 0 Å². The van der Waals surface area contributed by atoms with Gasteiger partial charge in [0.1, 0.15) is 17.3 Å². The monoisotopic (exact) mass is 385 g/mol. The molecule has 1 saturated carbocycles. The van der Waals surface area contributed by atoms with Crippen molar-refractivity contribution in [2.45, 2.75) is 45.1 Å². The van der Waals surface area contributed by atoms with Gasteiger partial charge in [-0.1, -0.05) is 31.9 Å². The number of benzene rings is 2. The van der Waals surface area contributed by atoms with E-state index in [1.54, 1.807) is 12.1 Å². The highest BCUT2D eigenvalue weighted by Gasteiger charge is 2.22. The SMILES string of the molecule is CC1CCCCC1NC(=NCCc1ccc(O)cc1)Nc1cc(F)ccc1O. The Labute approximate surface area is 165 Å². The molecule has 2 unspecified atom stereocenters. The van der Waals surface area contributed by atoms with Gasteiger partial charge in [0.2, 0.25) is 0 Å². The van der Waals surface area contributed by atoms with Gasteiger partial charge in [0.25, 0.3) is 0 Å². The molecule has 3 rings (SSSR count). The zero-order chi connectivity index (χ0) is 19.9. The van der Waals surface area contributed by atoms with Gasteiger partial charge in [-0.05, 0) is 55.0 Å². The van der Waals surface area contributed by atoms with E-state index in [2.05, 4.69) is 22.5 Å². The Hall–Kier alpha value is -2.76. The van der Waals surface area contributed by atoms with Crippen molar-refractivity contribution in [2.75, 3.05) is 11.9 Å². The highest BCUT2D eigenvalue weighted by molar-refractivity contribution is 5.95. The van der Waals surface area contributed by atoms with Crippen LogP contribution in [0.3, 0.4) is 0 Å². The van der Waals surface area contributed by atoms with Gasteiger partial charge in [0.05, 0.1) is 5.69 Å². The van der Waals surface area contributed by atoms with Gasteiger partial charge < -0.3 is 20.8 Å². The largest absolute Gasteiger partial charge is 0.508 e. The molecule has 2 aromatic rings. The van der Waals surface area contributed by atoms with E-state index in [0.717, 1.165) is 12.0 Å². The summed E-state index contributed by atoms with van der Waals surface area (Å²) < 4.78 is 13.6. The summed E-state index contributed by atoms with van der Waals surface area (Å²) in [5.41, 5.74) is 1.36. The number of rotatable bonds is 5. The van der Waals surface area contributed by atoms with Crippen LogP contribution in [-0.2, 0) is 6.42 Å². The maximum atomic E-state index is 13.6. The lowest BCUT2D eigenvalue weighted by Crippen LogP contribution is -2.44. The molecule has 0 bridgehead atoms. The molecule has 2 aromatic carbocycles. The van der Waals surface area contributed by atoms with Crippen molar-refractivity contribution in [3.8, 4) is 11.5 Å². The fraction of sp³-hybridized carbons (Fsp3) is 0.409. The maximum absolute atomic E-state index is 13.6. The van der Waals surface area contributed by atoms with Crippen LogP contribution in [0.25, 0.3) is 0 Å². The molecule has 0 spiro atoms. The third-order valence-corrected chi connectivity index (χ3v) is 5.25. The van der Waals surface area contributed by atoms with Crippen LogP contribution in [0.4, 0.5) is 10.1 Å². The Morgan fingerprint density at radius 3 is 2.61 bits per heavy atom. The van der Waals surface area contributed by atoms with E-state index >= 15 is 0 Å². The molecule has 150 valence electrons. The molecule has 0 aromatic heterocycles. The average Bonchev–Trinajstić information content (AvgIpc) is 2.68. The van der Waals surface area contributed by atoms with E-state index in [4.69, 9.17) is 0 Å². The minimum absolute atomic E-state index is 0.0221. The van der Waals surface area contributed by atoms with Crippen molar-refractivity contribution in [1.82, 2.24) is 5.32 Å². The molecule has 1 aliphatic rings. The van der Waals surface area contributed by atoms with Crippen molar-refractivity contribution in [3.05, 3.63) is 53.8 Å².